The number of nitrogens with zero attached hydrogens (tertiary/aromatic N) is 6. The molecule has 0 fully saturated rings. The van der Waals surface area contributed by atoms with Crippen LogP contribution in [-0.4, -0.2) is 54.1 Å². The van der Waals surface area contributed by atoms with E-state index in [1.165, 1.54) is 0 Å². The molecule has 32 heavy (non-hydrogen) atoms. The molecule has 0 spiro atoms. The van der Waals surface area contributed by atoms with Gasteiger partial charge < -0.3 is 5.11 Å². The standard InChI is InChI=1S/C23H25ClN6OS/c1-16-21(26-20-10-4-3-9-19(20)25-16)14-29(2)15-22-27-28-23(32-12-6-11-31)30(22)18-8-5-7-17(24)13-18/h3-5,7-10,13,31H,6,11-12,14-15H2,1-2H3. The molecule has 2 aromatic heterocycles. The first kappa shape index (κ1) is 22.7. The second kappa shape index (κ2) is 10.4. The number of thioether (sulfide) groups is 1. The molecule has 4 rings (SSSR count). The number of hydrogen-bond donors (Lipinski definition) is 1. The molecule has 166 valence electrons. The lowest BCUT2D eigenvalue weighted by Gasteiger charge is -2.18. The Labute approximate surface area is 196 Å². The first-order valence-corrected chi connectivity index (χ1v) is 11.8. The quantitative estimate of drug-likeness (QED) is 0.290. The fourth-order valence-corrected chi connectivity index (χ4v) is 4.51. The zero-order valence-electron chi connectivity index (χ0n) is 18.1. The molecular weight excluding hydrogens is 444 g/mol. The Bertz CT molecular complexity index is 1210. The molecule has 0 aliphatic heterocycles. The molecular formula is C23H25ClN6OS. The first-order chi connectivity index (χ1) is 15.5. The third-order valence-electron chi connectivity index (χ3n) is 4.97. The average molecular weight is 469 g/mol. The lowest BCUT2D eigenvalue weighted by molar-refractivity contribution is 0.296. The molecule has 2 heterocycles. The molecule has 0 amide bonds. The molecule has 0 aliphatic carbocycles. The zero-order valence-corrected chi connectivity index (χ0v) is 19.6. The Morgan fingerprint density at radius 3 is 2.56 bits per heavy atom. The van der Waals surface area contributed by atoms with Crippen molar-refractivity contribution in [1.82, 2.24) is 29.6 Å². The molecule has 0 aliphatic rings. The molecule has 0 saturated carbocycles. The van der Waals surface area contributed by atoms with Crippen LogP contribution in [0.2, 0.25) is 5.02 Å². The van der Waals surface area contributed by atoms with Gasteiger partial charge >= 0.3 is 0 Å². The summed E-state index contributed by atoms with van der Waals surface area (Å²) in [6.45, 7) is 3.36. The van der Waals surface area contributed by atoms with Crippen molar-refractivity contribution in [3.8, 4) is 5.69 Å². The third-order valence-corrected chi connectivity index (χ3v) is 6.22. The van der Waals surface area contributed by atoms with Crippen LogP contribution >= 0.6 is 23.4 Å². The lowest BCUT2D eigenvalue weighted by atomic mass is 10.2. The van der Waals surface area contributed by atoms with E-state index < -0.39 is 0 Å². The van der Waals surface area contributed by atoms with Crippen molar-refractivity contribution in [2.45, 2.75) is 31.6 Å². The summed E-state index contributed by atoms with van der Waals surface area (Å²) in [5.74, 6) is 1.57. The minimum absolute atomic E-state index is 0.153. The number of hydrogen-bond acceptors (Lipinski definition) is 7. The molecule has 4 aromatic rings. The number of para-hydroxylation sites is 2. The Balaban J connectivity index is 1.58. The van der Waals surface area contributed by atoms with Gasteiger partial charge in [-0.3, -0.25) is 9.47 Å². The van der Waals surface area contributed by atoms with Crippen LogP contribution in [0.25, 0.3) is 16.7 Å². The van der Waals surface area contributed by atoms with Crippen LogP contribution in [0, 0.1) is 6.92 Å². The van der Waals surface area contributed by atoms with Crippen LogP contribution in [0.3, 0.4) is 0 Å². The predicted octanol–water partition coefficient (Wildman–Crippen LogP) is 4.28. The number of aromatic nitrogens is 5. The van der Waals surface area contributed by atoms with E-state index in [9.17, 15) is 0 Å². The van der Waals surface area contributed by atoms with Gasteiger partial charge in [0.25, 0.3) is 0 Å². The SMILES string of the molecule is Cc1nc2ccccc2nc1CN(C)Cc1nnc(SCCCO)n1-c1cccc(Cl)c1. The van der Waals surface area contributed by atoms with E-state index >= 15 is 0 Å². The second-order valence-electron chi connectivity index (χ2n) is 7.56. The highest BCUT2D eigenvalue weighted by molar-refractivity contribution is 7.99. The van der Waals surface area contributed by atoms with Crippen LogP contribution < -0.4 is 0 Å². The van der Waals surface area contributed by atoms with Gasteiger partial charge in [-0.25, -0.2) is 9.97 Å². The summed E-state index contributed by atoms with van der Waals surface area (Å²) in [4.78, 5) is 11.7. The van der Waals surface area contributed by atoms with Crippen molar-refractivity contribution >= 4 is 34.4 Å². The number of rotatable bonds is 9. The van der Waals surface area contributed by atoms with Gasteiger partial charge in [0.05, 0.1) is 34.7 Å². The minimum Gasteiger partial charge on any atom is -0.396 e. The molecule has 7 nitrogen and oxygen atoms in total. The molecule has 1 N–H and O–H groups in total. The van der Waals surface area contributed by atoms with Crippen LogP contribution in [0.5, 0.6) is 0 Å². The summed E-state index contributed by atoms with van der Waals surface area (Å²) in [6.07, 6.45) is 0.697. The number of halogens is 1. The van der Waals surface area contributed by atoms with Gasteiger partial charge in [-0.05, 0) is 50.7 Å². The van der Waals surface area contributed by atoms with Crippen molar-refractivity contribution in [3.63, 3.8) is 0 Å². The maximum absolute atomic E-state index is 9.13. The van der Waals surface area contributed by atoms with Crippen LogP contribution in [0.15, 0.2) is 53.7 Å². The maximum Gasteiger partial charge on any atom is 0.195 e. The van der Waals surface area contributed by atoms with Gasteiger partial charge in [0, 0.05) is 23.9 Å². The van der Waals surface area contributed by atoms with Gasteiger partial charge in [-0.15, -0.1) is 10.2 Å². The van der Waals surface area contributed by atoms with E-state index in [0.29, 0.717) is 24.5 Å². The van der Waals surface area contributed by atoms with E-state index in [1.807, 2.05) is 67.1 Å². The van der Waals surface area contributed by atoms with E-state index in [1.54, 1.807) is 11.8 Å². The summed E-state index contributed by atoms with van der Waals surface area (Å²) >= 11 is 7.83. The topological polar surface area (TPSA) is 80.0 Å². The monoisotopic (exact) mass is 468 g/mol. The molecule has 0 bridgehead atoms. The molecule has 0 radical (unpaired) electrons. The molecule has 0 unspecified atom stereocenters. The smallest absolute Gasteiger partial charge is 0.195 e. The molecule has 0 saturated heterocycles. The van der Waals surface area contributed by atoms with Crippen molar-refractivity contribution in [3.05, 3.63) is 70.8 Å². The largest absolute Gasteiger partial charge is 0.396 e. The second-order valence-corrected chi connectivity index (χ2v) is 9.05. The van der Waals surface area contributed by atoms with Crippen LogP contribution in [0.4, 0.5) is 0 Å². The highest BCUT2D eigenvalue weighted by Gasteiger charge is 2.17. The number of aryl methyl sites for hydroxylation is 1. The molecule has 9 heteroatoms. The summed E-state index contributed by atoms with van der Waals surface area (Å²) in [5.41, 5.74) is 4.58. The number of aliphatic hydroxyl groups is 1. The fraction of sp³-hybridized carbons (Fsp3) is 0.304. The third kappa shape index (κ3) is 5.27. The predicted molar refractivity (Wildman–Crippen MR) is 128 cm³/mol. The summed E-state index contributed by atoms with van der Waals surface area (Å²) in [6, 6.07) is 15.6. The van der Waals surface area contributed by atoms with Crippen LogP contribution in [-0.2, 0) is 13.1 Å². The summed E-state index contributed by atoms with van der Waals surface area (Å²) in [7, 11) is 2.03. The highest BCUT2D eigenvalue weighted by Crippen LogP contribution is 2.25. The summed E-state index contributed by atoms with van der Waals surface area (Å²) < 4.78 is 2.03. The van der Waals surface area contributed by atoms with Crippen molar-refractivity contribution in [2.24, 2.45) is 0 Å². The summed E-state index contributed by atoms with van der Waals surface area (Å²) in [5, 5.41) is 19.4. The highest BCUT2D eigenvalue weighted by atomic mass is 35.5. The first-order valence-electron chi connectivity index (χ1n) is 10.4. The maximum atomic E-state index is 9.13. The average Bonchev–Trinajstić information content (AvgIpc) is 3.16. The van der Waals surface area contributed by atoms with Gasteiger partial charge in [-0.2, -0.15) is 0 Å². The number of aliphatic hydroxyl groups excluding tert-OH is 1. The Morgan fingerprint density at radius 1 is 1.03 bits per heavy atom. The van der Waals surface area contributed by atoms with Gasteiger partial charge in [0.15, 0.2) is 11.0 Å². The Hall–Kier alpha value is -2.52. The van der Waals surface area contributed by atoms with Crippen molar-refractivity contribution < 1.29 is 5.11 Å². The molecule has 0 atom stereocenters. The van der Waals surface area contributed by atoms with Gasteiger partial charge in [0.1, 0.15) is 0 Å². The zero-order chi connectivity index (χ0) is 22.5. The van der Waals surface area contributed by atoms with Gasteiger partial charge in [-0.1, -0.05) is 41.6 Å². The van der Waals surface area contributed by atoms with Crippen molar-refractivity contribution in [1.29, 1.82) is 0 Å². The van der Waals surface area contributed by atoms with E-state index in [0.717, 1.165) is 44.8 Å². The van der Waals surface area contributed by atoms with Crippen LogP contribution in [0.1, 0.15) is 23.6 Å². The molecule has 2 aromatic carbocycles. The van der Waals surface area contributed by atoms with E-state index in [-0.39, 0.29) is 6.61 Å². The fourth-order valence-electron chi connectivity index (χ4n) is 3.43. The minimum atomic E-state index is 0.153. The number of benzene rings is 2. The van der Waals surface area contributed by atoms with E-state index in [4.69, 9.17) is 26.7 Å². The Kier molecular flexibility index (Phi) is 7.36. The Morgan fingerprint density at radius 2 is 1.81 bits per heavy atom. The number of fused-ring (bicyclic) bond motifs is 1. The van der Waals surface area contributed by atoms with Crippen molar-refractivity contribution in [2.75, 3.05) is 19.4 Å². The lowest BCUT2D eigenvalue weighted by Crippen LogP contribution is -2.21. The van der Waals surface area contributed by atoms with Gasteiger partial charge in [0.2, 0.25) is 0 Å². The van der Waals surface area contributed by atoms with E-state index in [2.05, 4.69) is 15.1 Å². The normalized spacial score (nSPS) is 11.5.